The third-order valence-electron chi connectivity index (χ3n) is 14.1. The molecule has 1 aliphatic heterocycles. The summed E-state index contributed by atoms with van der Waals surface area (Å²) in [7, 11) is 0. The molecular formula is C56H109NO10. The highest BCUT2D eigenvalue weighted by molar-refractivity contribution is 5.80. The van der Waals surface area contributed by atoms with Gasteiger partial charge in [0.05, 0.1) is 25.4 Å². The van der Waals surface area contributed by atoms with Crippen molar-refractivity contribution in [2.75, 3.05) is 13.2 Å². The molecule has 398 valence electrons. The summed E-state index contributed by atoms with van der Waals surface area (Å²) in [5, 5.41) is 76.1. The van der Waals surface area contributed by atoms with Gasteiger partial charge in [-0.25, -0.2) is 0 Å². The van der Waals surface area contributed by atoms with E-state index in [2.05, 4.69) is 31.3 Å². The molecule has 0 aromatic rings. The van der Waals surface area contributed by atoms with Gasteiger partial charge in [0, 0.05) is 0 Å². The third kappa shape index (κ3) is 34.8. The van der Waals surface area contributed by atoms with Crippen LogP contribution in [0.4, 0.5) is 0 Å². The zero-order chi connectivity index (χ0) is 49.0. The van der Waals surface area contributed by atoms with E-state index >= 15 is 0 Å². The van der Waals surface area contributed by atoms with Crippen LogP contribution in [0.25, 0.3) is 0 Å². The fourth-order valence-electron chi connectivity index (χ4n) is 9.38. The maximum absolute atomic E-state index is 13.2. The van der Waals surface area contributed by atoms with E-state index in [0.717, 1.165) is 38.5 Å². The molecule has 1 heterocycles. The van der Waals surface area contributed by atoms with Gasteiger partial charge in [0.15, 0.2) is 6.29 Å². The SMILES string of the molecule is CCCCCCCCCCCCCC/C=C\CCCCCCCCCCCC(O)C(=O)NC(COC1OC(CO)C(O)C(O)C1O)C(O)C(O)CCCCCCCCCCCCCCCCC. The summed E-state index contributed by atoms with van der Waals surface area (Å²) in [6.45, 7) is 3.48. The lowest BCUT2D eigenvalue weighted by atomic mass is 9.98. The quantitative estimate of drug-likeness (QED) is 0.0215. The van der Waals surface area contributed by atoms with E-state index in [1.807, 2.05) is 0 Å². The molecule has 9 atom stereocenters. The molecule has 9 unspecified atom stereocenters. The Hall–Kier alpha value is -1.15. The molecule has 1 aliphatic rings. The summed E-state index contributed by atoms with van der Waals surface area (Å²) < 4.78 is 11.1. The molecule has 11 nitrogen and oxygen atoms in total. The van der Waals surface area contributed by atoms with Crippen molar-refractivity contribution < 1.29 is 50.0 Å². The molecule has 1 saturated heterocycles. The van der Waals surface area contributed by atoms with E-state index in [0.29, 0.717) is 19.3 Å². The molecule has 0 aliphatic carbocycles. The molecule has 1 rings (SSSR count). The summed E-state index contributed by atoms with van der Waals surface area (Å²) in [5.74, 6) is -0.695. The van der Waals surface area contributed by atoms with Crippen molar-refractivity contribution in [1.82, 2.24) is 5.32 Å². The molecule has 67 heavy (non-hydrogen) atoms. The Morgan fingerprint density at radius 2 is 0.866 bits per heavy atom. The third-order valence-corrected chi connectivity index (χ3v) is 14.1. The number of rotatable bonds is 49. The van der Waals surface area contributed by atoms with E-state index in [1.165, 1.54) is 193 Å². The standard InChI is InChI=1S/C56H109NO10/c1-3-5-7-9-11-13-15-17-19-20-21-22-23-24-25-26-27-28-30-32-34-36-38-40-42-44-49(60)55(65)57-47(46-66-56-54(64)53(63)52(62)50(45-58)67-56)51(61)48(59)43-41-39-37-35-33-31-29-18-16-14-12-10-8-6-4-2/h24-25,47-54,56,58-64H,3-23,26-46H2,1-2H3,(H,57,65)/b25-24-. The number of carbonyl (C=O) groups excluding carboxylic acids is 1. The van der Waals surface area contributed by atoms with Crippen molar-refractivity contribution in [3.8, 4) is 0 Å². The van der Waals surface area contributed by atoms with E-state index in [-0.39, 0.29) is 6.42 Å². The van der Waals surface area contributed by atoms with Gasteiger partial charge in [0.2, 0.25) is 5.91 Å². The van der Waals surface area contributed by atoms with Crippen molar-refractivity contribution >= 4 is 5.91 Å². The van der Waals surface area contributed by atoms with Crippen LogP contribution in [0.5, 0.6) is 0 Å². The molecule has 0 saturated carbocycles. The number of aliphatic hydroxyl groups excluding tert-OH is 7. The van der Waals surface area contributed by atoms with E-state index in [1.54, 1.807) is 0 Å². The Morgan fingerprint density at radius 1 is 0.507 bits per heavy atom. The maximum atomic E-state index is 13.2. The largest absolute Gasteiger partial charge is 0.394 e. The number of amides is 1. The van der Waals surface area contributed by atoms with Crippen molar-refractivity contribution in [2.45, 2.75) is 326 Å². The molecule has 0 aromatic heterocycles. The van der Waals surface area contributed by atoms with Crippen LogP contribution in [0, 0.1) is 0 Å². The van der Waals surface area contributed by atoms with Crippen LogP contribution >= 0.6 is 0 Å². The van der Waals surface area contributed by atoms with E-state index in [9.17, 15) is 40.5 Å². The number of allylic oxidation sites excluding steroid dienone is 2. The van der Waals surface area contributed by atoms with Gasteiger partial charge in [-0.1, -0.05) is 244 Å². The summed E-state index contributed by atoms with van der Waals surface area (Å²) in [4.78, 5) is 13.2. The first-order valence-corrected chi connectivity index (χ1v) is 28.6. The molecule has 1 amide bonds. The molecule has 11 heteroatoms. The van der Waals surface area contributed by atoms with Gasteiger partial charge >= 0.3 is 0 Å². The molecule has 8 N–H and O–H groups in total. The number of unbranched alkanes of at least 4 members (excludes halogenated alkanes) is 35. The van der Waals surface area contributed by atoms with Gasteiger partial charge < -0.3 is 50.5 Å². The van der Waals surface area contributed by atoms with Crippen molar-refractivity contribution in [2.24, 2.45) is 0 Å². The maximum Gasteiger partial charge on any atom is 0.249 e. The molecule has 0 bridgehead atoms. The predicted molar refractivity (Wildman–Crippen MR) is 275 cm³/mol. The minimum atomic E-state index is -1.66. The van der Waals surface area contributed by atoms with Crippen LogP contribution in [-0.4, -0.2) is 110 Å². The van der Waals surface area contributed by atoms with E-state index in [4.69, 9.17) is 9.47 Å². The first kappa shape index (κ1) is 63.9. The van der Waals surface area contributed by atoms with Gasteiger partial charge in [-0.15, -0.1) is 0 Å². The average molecular weight is 956 g/mol. The summed E-state index contributed by atoms with van der Waals surface area (Å²) in [5.41, 5.74) is 0. The topological polar surface area (TPSA) is 189 Å². The highest BCUT2D eigenvalue weighted by atomic mass is 16.7. The second-order valence-corrected chi connectivity index (χ2v) is 20.4. The van der Waals surface area contributed by atoms with Crippen LogP contribution in [0.15, 0.2) is 12.2 Å². The van der Waals surface area contributed by atoms with Crippen LogP contribution in [0.3, 0.4) is 0 Å². The Morgan fingerprint density at radius 3 is 1.25 bits per heavy atom. The Balaban J connectivity index is 2.29. The minimum absolute atomic E-state index is 0.261. The number of carbonyl (C=O) groups is 1. The highest BCUT2D eigenvalue weighted by Crippen LogP contribution is 2.23. The minimum Gasteiger partial charge on any atom is -0.394 e. The summed E-state index contributed by atoms with van der Waals surface area (Å²) in [6.07, 6.45) is 41.2. The lowest BCUT2D eigenvalue weighted by molar-refractivity contribution is -0.303. The van der Waals surface area contributed by atoms with Gasteiger partial charge in [-0.2, -0.15) is 0 Å². The number of aliphatic hydroxyl groups is 7. The average Bonchev–Trinajstić information content (AvgIpc) is 3.33. The van der Waals surface area contributed by atoms with Crippen LogP contribution in [0.1, 0.15) is 271 Å². The Labute approximate surface area is 411 Å². The van der Waals surface area contributed by atoms with Crippen molar-refractivity contribution in [1.29, 1.82) is 0 Å². The normalized spacial score (nSPS) is 20.6. The van der Waals surface area contributed by atoms with Crippen LogP contribution in [0.2, 0.25) is 0 Å². The zero-order valence-corrected chi connectivity index (χ0v) is 43.4. The van der Waals surface area contributed by atoms with Gasteiger partial charge in [0.25, 0.3) is 0 Å². The lowest BCUT2D eigenvalue weighted by Crippen LogP contribution is -2.60. The summed E-state index contributed by atoms with van der Waals surface area (Å²) >= 11 is 0. The van der Waals surface area contributed by atoms with Gasteiger partial charge in [0.1, 0.15) is 36.6 Å². The fraction of sp³-hybridized carbons (Fsp3) is 0.946. The number of hydrogen-bond acceptors (Lipinski definition) is 10. The smallest absolute Gasteiger partial charge is 0.249 e. The molecule has 0 spiro atoms. The lowest BCUT2D eigenvalue weighted by Gasteiger charge is -2.40. The molecule has 0 aromatic carbocycles. The summed E-state index contributed by atoms with van der Waals surface area (Å²) in [6, 6.07) is -1.17. The second-order valence-electron chi connectivity index (χ2n) is 20.4. The van der Waals surface area contributed by atoms with Crippen LogP contribution in [-0.2, 0) is 14.3 Å². The number of nitrogens with one attached hydrogen (secondary N) is 1. The van der Waals surface area contributed by atoms with Crippen molar-refractivity contribution in [3.63, 3.8) is 0 Å². The van der Waals surface area contributed by atoms with Crippen LogP contribution < -0.4 is 5.32 Å². The van der Waals surface area contributed by atoms with E-state index < -0.39 is 74.2 Å². The first-order chi connectivity index (χ1) is 32.7. The van der Waals surface area contributed by atoms with Gasteiger partial charge in [-0.05, 0) is 38.5 Å². The molecular weight excluding hydrogens is 847 g/mol. The monoisotopic (exact) mass is 956 g/mol. The second kappa shape index (κ2) is 46.0. The predicted octanol–water partition coefficient (Wildman–Crippen LogP) is 11.6. The number of hydrogen-bond donors (Lipinski definition) is 8. The van der Waals surface area contributed by atoms with Crippen molar-refractivity contribution in [3.05, 3.63) is 12.2 Å². The molecule has 1 fully saturated rings. The number of ether oxygens (including phenoxy) is 2. The fourth-order valence-corrected chi connectivity index (χ4v) is 9.38. The first-order valence-electron chi connectivity index (χ1n) is 28.6. The molecule has 0 radical (unpaired) electrons. The Kier molecular flexibility index (Phi) is 43.8. The Bertz CT molecular complexity index is 1100. The highest BCUT2D eigenvalue weighted by Gasteiger charge is 2.44. The van der Waals surface area contributed by atoms with Gasteiger partial charge in [-0.3, -0.25) is 4.79 Å². The zero-order valence-electron chi connectivity index (χ0n) is 43.4.